The number of benzene rings is 3. The Balaban J connectivity index is 0.000000309. The van der Waals surface area contributed by atoms with Crippen molar-refractivity contribution in [3.8, 4) is 0 Å². The lowest BCUT2D eigenvalue weighted by Crippen LogP contribution is -2.01. The first-order chi connectivity index (χ1) is 19.5. The molecule has 0 spiro atoms. The van der Waals surface area contributed by atoms with E-state index in [9.17, 15) is 24.3 Å². The van der Waals surface area contributed by atoms with Gasteiger partial charge in [-0.15, -0.1) is 0 Å². The number of aliphatic hydroxyl groups excluding tert-OH is 1. The molecule has 3 aromatic rings. The predicted molar refractivity (Wildman–Crippen MR) is 152 cm³/mol. The van der Waals surface area contributed by atoms with Crippen LogP contribution in [-0.4, -0.2) is 50.1 Å². The summed E-state index contributed by atoms with van der Waals surface area (Å²) >= 11 is 0. The summed E-state index contributed by atoms with van der Waals surface area (Å²) in [4.78, 5) is 46.7. The molecule has 0 aliphatic carbocycles. The molecule has 216 valence electrons. The molecule has 0 fully saturated rings. The molecular formula is C30H33N3O8. The van der Waals surface area contributed by atoms with Crippen LogP contribution in [0.1, 0.15) is 85.5 Å². The lowest BCUT2D eigenvalue weighted by atomic mass is 10.1. The number of ketones is 1. The molecule has 0 saturated heterocycles. The zero-order valence-electron chi connectivity index (χ0n) is 23.7. The third-order valence-electron chi connectivity index (χ3n) is 5.57. The third kappa shape index (κ3) is 11.3. The van der Waals surface area contributed by atoms with Gasteiger partial charge in [0.1, 0.15) is 0 Å². The highest BCUT2D eigenvalue weighted by Gasteiger charge is 2.08. The Bertz CT molecular complexity index is 1350. The number of methoxy groups -OCH3 is 3. The van der Waals surface area contributed by atoms with Gasteiger partial charge in [0.05, 0.1) is 50.2 Å². The van der Waals surface area contributed by atoms with E-state index in [1.165, 1.54) is 28.3 Å². The fourth-order valence-electron chi connectivity index (χ4n) is 3.13. The SMILES string of the molecule is COC(=O)c1ccc(C(C)=O)cc1.COC(=O)c1ccc([C@@H](C)N=[N+]=[N-])cc1.COC(=O)c1ccc([C@H](C)O)cc1. The summed E-state index contributed by atoms with van der Waals surface area (Å²) < 4.78 is 13.6. The molecular weight excluding hydrogens is 530 g/mol. The summed E-state index contributed by atoms with van der Waals surface area (Å²) in [6, 6.07) is 19.6. The van der Waals surface area contributed by atoms with Crippen LogP contribution in [0, 0.1) is 0 Å². The van der Waals surface area contributed by atoms with E-state index in [4.69, 9.17) is 5.53 Å². The average Bonchev–Trinajstić information content (AvgIpc) is 3.00. The largest absolute Gasteiger partial charge is 0.465 e. The van der Waals surface area contributed by atoms with Gasteiger partial charge in [-0.3, -0.25) is 4.79 Å². The van der Waals surface area contributed by atoms with Gasteiger partial charge in [0.15, 0.2) is 5.78 Å². The quantitative estimate of drug-likeness (QED) is 0.0906. The van der Waals surface area contributed by atoms with E-state index in [1.807, 2.05) is 0 Å². The highest BCUT2D eigenvalue weighted by Crippen LogP contribution is 2.17. The molecule has 41 heavy (non-hydrogen) atoms. The molecule has 0 heterocycles. The van der Waals surface area contributed by atoms with Gasteiger partial charge in [-0.1, -0.05) is 48.4 Å². The molecule has 11 heteroatoms. The molecule has 3 aromatic carbocycles. The Morgan fingerprint density at radius 2 is 0.976 bits per heavy atom. The number of nitrogens with zero attached hydrogens (tertiary/aromatic N) is 3. The number of Topliss-reactive ketones (excluding diaryl/α,β-unsaturated/α-hetero) is 1. The summed E-state index contributed by atoms with van der Waals surface area (Å²) in [5.41, 5.74) is 11.9. The maximum Gasteiger partial charge on any atom is 0.337 e. The number of ether oxygens (including phenoxy) is 3. The topological polar surface area (TPSA) is 165 Å². The fraction of sp³-hybridized carbons (Fsp3) is 0.267. The minimum absolute atomic E-state index is 0.0172. The van der Waals surface area contributed by atoms with Gasteiger partial charge in [-0.25, -0.2) is 14.4 Å². The van der Waals surface area contributed by atoms with E-state index in [0.29, 0.717) is 22.3 Å². The van der Waals surface area contributed by atoms with Gasteiger partial charge in [-0.2, -0.15) is 0 Å². The first-order valence-electron chi connectivity index (χ1n) is 12.3. The molecule has 0 aliphatic rings. The summed E-state index contributed by atoms with van der Waals surface area (Å²) in [5.74, 6) is -1.15. The molecule has 0 radical (unpaired) electrons. The zero-order chi connectivity index (χ0) is 30.9. The van der Waals surface area contributed by atoms with Crippen molar-refractivity contribution in [2.75, 3.05) is 21.3 Å². The van der Waals surface area contributed by atoms with Crippen LogP contribution in [0.2, 0.25) is 0 Å². The van der Waals surface area contributed by atoms with Crippen LogP contribution < -0.4 is 0 Å². The molecule has 1 N–H and O–H groups in total. The van der Waals surface area contributed by atoms with Crippen LogP contribution >= 0.6 is 0 Å². The zero-order valence-corrected chi connectivity index (χ0v) is 23.7. The molecule has 3 rings (SSSR count). The normalized spacial score (nSPS) is 11.0. The molecule has 0 aromatic heterocycles. The van der Waals surface area contributed by atoms with Crippen molar-refractivity contribution < 1.29 is 38.5 Å². The fourth-order valence-corrected chi connectivity index (χ4v) is 3.13. The maximum absolute atomic E-state index is 11.1. The van der Waals surface area contributed by atoms with Crippen LogP contribution in [0.3, 0.4) is 0 Å². The molecule has 11 nitrogen and oxygen atoms in total. The first kappa shape index (κ1) is 34.0. The first-order valence-corrected chi connectivity index (χ1v) is 12.3. The van der Waals surface area contributed by atoms with Crippen molar-refractivity contribution in [1.82, 2.24) is 0 Å². The van der Waals surface area contributed by atoms with Crippen LogP contribution in [0.25, 0.3) is 10.4 Å². The molecule has 0 saturated carbocycles. The minimum Gasteiger partial charge on any atom is -0.465 e. The monoisotopic (exact) mass is 563 g/mol. The maximum atomic E-state index is 11.1. The molecule has 2 atom stereocenters. The Morgan fingerprint density at radius 1 is 0.659 bits per heavy atom. The highest BCUT2D eigenvalue weighted by atomic mass is 16.5. The minimum atomic E-state index is -0.508. The van der Waals surface area contributed by atoms with E-state index < -0.39 is 12.1 Å². The standard InChI is InChI=1S/C10H11N3O2.C10H12O3.C10H10O3/c1-7(12-13-11)8-3-5-9(6-4-8)10(14)15-2;2*1-7(11)8-3-5-9(6-4-8)10(12)13-2/h3-7H,1-2H3;3-7,11H,1-2H3;3-6H,1-2H3/t2*7-;/m10./s1. The number of hydrogen-bond donors (Lipinski definition) is 1. The number of carbonyl (C=O) groups excluding carboxylic acids is 4. The number of carbonyl (C=O) groups is 4. The van der Waals surface area contributed by atoms with E-state index >= 15 is 0 Å². The Labute approximate surface area is 238 Å². The van der Waals surface area contributed by atoms with E-state index in [2.05, 4.69) is 24.2 Å². The van der Waals surface area contributed by atoms with Crippen molar-refractivity contribution in [2.45, 2.75) is 32.9 Å². The van der Waals surface area contributed by atoms with Gasteiger partial charge < -0.3 is 19.3 Å². The smallest absolute Gasteiger partial charge is 0.337 e. The van der Waals surface area contributed by atoms with E-state index in [-0.39, 0.29) is 23.8 Å². The van der Waals surface area contributed by atoms with Crippen LogP contribution in [0.5, 0.6) is 0 Å². The van der Waals surface area contributed by atoms with Gasteiger partial charge >= 0.3 is 17.9 Å². The van der Waals surface area contributed by atoms with Crippen molar-refractivity contribution >= 4 is 23.7 Å². The average molecular weight is 564 g/mol. The molecule has 0 bridgehead atoms. The molecule has 0 aliphatic heterocycles. The second-order valence-corrected chi connectivity index (χ2v) is 8.41. The third-order valence-corrected chi connectivity index (χ3v) is 5.57. The Kier molecular flexibility index (Phi) is 14.6. The predicted octanol–water partition coefficient (Wildman–Crippen LogP) is 6.05. The lowest BCUT2D eigenvalue weighted by Gasteiger charge is -2.05. The van der Waals surface area contributed by atoms with Gasteiger partial charge in [0, 0.05) is 10.5 Å². The Morgan fingerprint density at radius 3 is 1.27 bits per heavy atom. The summed E-state index contributed by atoms with van der Waals surface area (Å²) in [7, 11) is 3.99. The summed E-state index contributed by atoms with van der Waals surface area (Å²) in [6.07, 6.45) is -0.508. The Hall–Kier alpha value is -4.99. The summed E-state index contributed by atoms with van der Waals surface area (Å²) in [5, 5.41) is 12.7. The van der Waals surface area contributed by atoms with Crippen molar-refractivity contribution in [3.05, 3.63) is 117 Å². The summed E-state index contributed by atoms with van der Waals surface area (Å²) in [6.45, 7) is 4.94. The van der Waals surface area contributed by atoms with Gasteiger partial charge in [-0.05, 0) is 66.9 Å². The second kappa shape index (κ2) is 17.6. The number of aliphatic hydroxyl groups is 1. The van der Waals surface area contributed by atoms with Crippen LogP contribution in [0.15, 0.2) is 77.9 Å². The lowest BCUT2D eigenvalue weighted by molar-refractivity contribution is 0.0591. The number of rotatable bonds is 7. The second-order valence-electron chi connectivity index (χ2n) is 8.41. The molecule has 0 unspecified atom stereocenters. The van der Waals surface area contributed by atoms with Gasteiger partial charge in [0.25, 0.3) is 0 Å². The van der Waals surface area contributed by atoms with Crippen molar-refractivity contribution in [3.63, 3.8) is 0 Å². The van der Waals surface area contributed by atoms with Crippen molar-refractivity contribution in [2.24, 2.45) is 5.11 Å². The number of hydrogen-bond acceptors (Lipinski definition) is 9. The molecule has 0 amide bonds. The van der Waals surface area contributed by atoms with Crippen LogP contribution in [0.4, 0.5) is 0 Å². The number of esters is 3. The highest BCUT2D eigenvalue weighted by molar-refractivity contribution is 5.96. The van der Waals surface area contributed by atoms with E-state index in [1.54, 1.807) is 86.6 Å². The van der Waals surface area contributed by atoms with E-state index in [0.717, 1.165) is 11.1 Å². The van der Waals surface area contributed by atoms with Crippen LogP contribution in [-0.2, 0) is 14.2 Å². The van der Waals surface area contributed by atoms with Gasteiger partial charge in [0.2, 0.25) is 0 Å². The van der Waals surface area contributed by atoms with Crippen molar-refractivity contribution in [1.29, 1.82) is 0 Å². The number of azide groups is 1.